The lowest BCUT2D eigenvalue weighted by Crippen LogP contribution is -2.05. The van der Waals surface area contributed by atoms with Crippen molar-refractivity contribution in [3.63, 3.8) is 0 Å². The van der Waals surface area contributed by atoms with Crippen LogP contribution in [-0.4, -0.2) is 25.9 Å². The van der Waals surface area contributed by atoms with E-state index in [1.807, 2.05) is 69.6 Å². The van der Waals surface area contributed by atoms with Crippen molar-refractivity contribution >= 4 is 34.0 Å². The number of aryl methyl sites for hydroxylation is 1. The third-order valence-corrected chi connectivity index (χ3v) is 4.11. The molecule has 0 saturated carbocycles. The molecule has 0 saturated heterocycles. The molecule has 148 valence electrons. The Morgan fingerprint density at radius 3 is 2.55 bits per heavy atom. The van der Waals surface area contributed by atoms with Crippen LogP contribution in [0.3, 0.4) is 0 Å². The number of nitrogens with zero attached hydrogens (tertiary/aromatic N) is 4. The fourth-order valence-corrected chi connectivity index (χ4v) is 2.90. The first kappa shape index (κ1) is 18.7. The summed E-state index contributed by atoms with van der Waals surface area (Å²) in [4.78, 5) is 8.29. The summed E-state index contributed by atoms with van der Waals surface area (Å²) in [5.74, 6) is 0.585. The molecule has 0 unspecified atom stereocenters. The van der Waals surface area contributed by atoms with Crippen LogP contribution < -0.4 is 15.4 Å². The minimum Gasteiger partial charge on any atom is -0.491 e. The maximum absolute atomic E-state index is 14.2. The van der Waals surface area contributed by atoms with Crippen LogP contribution in [0, 0.1) is 5.82 Å². The monoisotopic (exact) mass is 392 g/mol. The second-order valence-electron chi connectivity index (χ2n) is 6.91. The average Bonchev–Trinajstić information content (AvgIpc) is 3.05. The van der Waals surface area contributed by atoms with Gasteiger partial charge in [0.25, 0.3) is 0 Å². The van der Waals surface area contributed by atoms with Crippen LogP contribution >= 0.6 is 0 Å². The molecule has 8 heteroatoms. The molecule has 2 heterocycles. The van der Waals surface area contributed by atoms with Gasteiger partial charge in [0.15, 0.2) is 11.6 Å². The highest BCUT2D eigenvalue weighted by Crippen LogP contribution is 2.24. The molecule has 0 atom stereocenters. The minimum atomic E-state index is -0.541. The lowest BCUT2D eigenvalue weighted by molar-refractivity contribution is 0.242. The van der Waals surface area contributed by atoms with Crippen LogP contribution in [-0.2, 0) is 7.05 Å². The zero-order valence-electron chi connectivity index (χ0n) is 16.3. The quantitative estimate of drug-likeness (QED) is 0.492. The molecular formula is C21H21FN6O. The number of ether oxygens (including phenoxy) is 1. The highest BCUT2D eigenvalue weighted by atomic mass is 19.1. The number of anilines is 4. The van der Waals surface area contributed by atoms with Gasteiger partial charge in [-0.15, -0.1) is 0 Å². The van der Waals surface area contributed by atoms with Crippen molar-refractivity contribution < 1.29 is 9.13 Å². The first-order valence-corrected chi connectivity index (χ1v) is 9.23. The summed E-state index contributed by atoms with van der Waals surface area (Å²) < 4.78 is 21.6. The summed E-state index contributed by atoms with van der Waals surface area (Å²) >= 11 is 0. The van der Waals surface area contributed by atoms with Crippen LogP contribution in [0.1, 0.15) is 13.8 Å². The van der Waals surface area contributed by atoms with Gasteiger partial charge in [0.05, 0.1) is 17.8 Å². The molecule has 0 spiro atoms. The lowest BCUT2D eigenvalue weighted by Gasteiger charge is -2.12. The van der Waals surface area contributed by atoms with Crippen LogP contribution in [0.5, 0.6) is 5.75 Å². The van der Waals surface area contributed by atoms with Gasteiger partial charge >= 0.3 is 0 Å². The fourth-order valence-electron chi connectivity index (χ4n) is 2.90. The van der Waals surface area contributed by atoms with Crippen LogP contribution in [0.15, 0.2) is 54.9 Å². The Bertz CT molecular complexity index is 1140. The molecule has 7 nitrogen and oxygen atoms in total. The van der Waals surface area contributed by atoms with Crippen LogP contribution in [0.25, 0.3) is 10.9 Å². The van der Waals surface area contributed by atoms with Gasteiger partial charge in [-0.2, -0.15) is 10.1 Å². The minimum absolute atomic E-state index is 0.0856. The van der Waals surface area contributed by atoms with E-state index in [1.165, 1.54) is 0 Å². The molecule has 0 aliphatic heterocycles. The van der Waals surface area contributed by atoms with Gasteiger partial charge in [0, 0.05) is 30.0 Å². The van der Waals surface area contributed by atoms with Crippen molar-refractivity contribution in [2.45, 2.75) is 20.0 Å². The summed E-state index contributed by atoms with van der Waals surface area (Å²) in [5.41, 5.74) is 2.38. The van der Waals surface area contributed by atoms with Crippen LogP contribution in [0.2, 0.25) is 0 Å². The molecule has 0 fully saturated rings. The smallest absolute Gasteiger partial charge is 0.229 e. The number of halogens is 1. The Morgan fingerprint density at radius 2 is 1.79 bits per heavy atom. The number of rotatable bonds is 6. The highest BCUT2D eigenvalue weighted by molar-refractivity contribution is 5.82. The van der Waals surface area contributed by atoms with Crippen molar-refractivity contribution in [1.29, 1.82) is 0 Å². The van der Waals surface area contributed by atoms with E-state index >= 15 is 0 Å². The molecule has 0 bridgehead atoms. The summed E-state index contributed by atoms with van der Waals surface area (Å²) in [5, 5.41) is 11.4. The van der Waals surface area contributed by atoms with E-state index in [-0.39, 0.29) is 17.9 Å². The molecule has 0 amide bonds. The van der Waals surface area contributed by atoms with Crippen molar-refractivity contribution in [1.82, 2.24) is 19.7 Å². The Labute approximate surface area is 167 Å². The molecule has 2 aromatic heterocycles. The Hall–Kier alpha value is -3.68. The fraction of sp³-hybridized carbons (Fsp3) is 0.190. The number of aromatic nitrogens is 4. The zero-order chi connectivity index (χ0) is 20.4. The number of fused-ring (bicyclic) bond motifs is 1. The van der Waals surface area contributed by atoms with E-state index in [1.54, 1.807) is 4.68 Å². The SMILES string of the molecule is CC(C)Oc1ccc(Nc2nc(Nc3ccc4nn(C)cc4c3)ncc2F)cc1. The largest absolute Gasteiger partial charge is 0.491 e. The van der Waals surface area contributed by atoms with Crippen LogP contribution in [0.4, 0.5) is 27.5 Å². The predicted molar refractivity (Wildman–Crippen MR) is 111 cm³/mol. The third-order valence-electron chi connectivity index (χ3n) is 4.11. The van der Waals surface area contributed by atoms with Gasteiger partial charge < -0.3 is 15.4 Å². The number of benzene rings is 2. The highest BCUT2D eigenvalue weighted by Gasteiger charge is 2.09. The van der Waals surface area contributed by atoms with Crippen molar-refractivity contribution in [2.75, 3.05) is 10.6 Å². The van der Waals surface area contributed by atoms with Gasteiger partial charge in [-0.05, 0) is 56.3 Å². The second kappa shape index (κ2) is 7.75. The summed E-state index contributed by atoms with van der Waals surface area (Å²) in [6.07, 6.45) is 3.15. The Kier molecular flexibility index (Phi) is 4.99. The van der Waals surface area contributed by atoms with E-state index in [2.05, 4.69) is 25.7 Å². The standard InChI is InChI=1S/C21H21FN6O/c1-13(2)29-17-7-4-15(5-8-17)24-20-18(22)11-23-21(26-20)25-16-6-9-19-14(10-16)12-28(3)27-19/h4-13H,1-3H3,(H2,23,24,25,26). The maximum atomic E-state index is 14.2. The normalized spacial score (nSPS) is 11.1. The van der Waals surface area contributed by atoms with E-state index < -0.39 is 5.82 Å². The first-order chi connectivity index (χ1) is 14.0. The second-order valence-corrected chi connectivity index (χ2v) is 6.91. The molecule has 4 aromatic rings. The van der Waals surface area contributed by atoms with E-state index in [0.717, 1.165) is 28.5 Å². The van der Waals surface area contributed by atoms with Crippen molar-refractivity contribution in [2.24, 2.45) is 7.05 Å². The number of hydrogen-bond acceptors (Lipinski definition) is 6. The van der Waals surface area contributed by atoms with E-state index in [4.69, 9.17) is 4.74 Å². The van der Waals surface area contributed by atoms with Gasteiger partial charge in [0.1, 0.15) is 5.75 Å². The van der Waals surface area contributed by atoms with Crippen molar-refractivity contribution in [3.8, 4) is 5.75 Å². The van der Waals surface area contributed by atoms with Crippen molar-refractivity contribution in [3.05, 3.63) is 60.7 Å². The molecule has 0 aliphatic rings. The molecule has 29 heavy (non-hydrogen) atoms. The Balaban J connectivity index is 1.52. The van der Waals surface area contributed by atoms with Gasteiger partial charge in [0.2, 0.25) is 5.95 Å². The maximum Gasteiger partial charge on any atom is 0.229 e. The molecule has 4 rings (SSSR count). The third kappa shape index (κ3) is 4.43. The molecule has 0 radical (unpaired) electrons. The molecular weight excluding hydrogens is 371 g/mol. The zero-order valence-corrected chi connectivity index (χ0v) is 16.3. The number of hydrogen-bond donors (Lipinski definition) is 2. The van der Waals surface area contributed by atoms with Gasteiger partial charge in [-0.1, -0.05) is 0 Å². The average molecular weight is 392 g/mol. The lowest BCUT2D eigenvalue weighted by atomic mass is 10.2. The van der Waals surface area contributed by atoms with E-state index in [0.29, 0.717) is 5.69 Å². The molecule has 0 aliphatic carbocycles. The summed E-state index contributed by atoms with van der Waals surface area (Å²) in [6, 6.07) is 13.0. The number of nitrogens with one attached hydrogen (secondary N) is 2. The summed E-state index contributed by atoms with van der Waals surface area (Å²) in [6.45, 7) is 3.92. The van der Waals surface area contributed by atoms with Gasteiger partial charge in [-0.3, -0.25) is 4.68 Å². The first-order valence-electron chi connectivity index (χ1n) is 9.23. The molecule has 2 aromatic carbocycles. The predicted octanol–water partition coefficient (Wildman–Crippen LogP) is 4.78. The van der Waals surface area contributed by atoms with Gasteiger partial charge in [-0.25, -0.2) is 9.37 Å². The topological polar surface area (TPSA) is 76.9 Å². The molecule has 2 N–H and O–H groups in total. The van der Waals surface area contributed by atoms with E-state index in [9.17, 15) is 4.39 Å². The Morgan fingerprint density at radius 1 is 1.03 bits per heavy atom. The summed E-state index contributed by atoms with van der Waals surface area (Å²) in [7, 11) is 1.87.